The Morgan fingerprint density at radius 1 is 1.44 bits per heavy atom. The normalized spacial score (nSPS) is 11.2. The van der Waals surface area contributed by atoms with Crippen LogP contribution in [0, 0.1) is 6.92 Å². The van der Waals surface area contributed by atoms with Crippen LogP contribution in [-0.2, 0) is 13.1 Å². The van der Waals surface area contributed by atoms with Gasteiger partial charge in [-0.3, -0.25) is 4.68 Å². The third kappa shape index (κ3) is 2.49. The summed E-state index contributed by atoms with van der Waals surface area (Å²) in [6.07, 6.45) is 3.27. The second kappa shape index (κ2) is 5.16. The van der Waals surface area contributed by atoms with Crippen LogP contribution in [0.3, 0.4) is 0 Å². The van der Waals surface area contributed by atoms with Gasteiger partial charge in [0.1, 0.15) is 0 Å². The fourth-order valence-electron chi connectivity index (χ4n) is 1.69. The summed E-state index contributed by atoms with van der Waals surface area (Å²) in [6, 6.07) is 1.56. The third-order valence-electron chi connectivity index (χ3n) is 2.64. The highest BCUT2D eigenvalue weighted by Crippen LogP contribution is 2.15. The number of hydrogen-bond donors (Lipinski definition) is 1. The number of alkyl halides is 2. The first kappa shape index (κ1) is 12.5. The van der Waals surface area contributed by atoms with Gasteiger partial charge in [-0.05, 0) is 19.9 Å². The Bertz CT molecular complexity index is 517. The van der Waals surface area contributed by atoms with Gasteiger partial charge in [-0.15, -0.1) is 0 Å². The molecule has 0 aliphatic carbocycles. The fourth-order valence-corrected chi connectivity index (χ4v) is 1.69. The molecule has 2 aromatic rings. The van der Waals surface area contributed by atoms with E-state index < -0.39 is 6.55 Å². The van der Waals surface area contributed by atoms with Gasteiger partial charge in [0.25, 0.3) is 0 Å². The minimum atomic E-state index is -2.62. The highest BCUT2D eigenvalue weighted by atomic mass is 19.3. The van der Waals surface area contributed by atoms with Crippen LogP contribution in [-0.4, -0.2) is 19.6 Å². The van der Waals surface area contributed by atoms with Crippen LogP contribution < -0.4 is 5.32 Å². The zero-order valence-corrected chi connectivity index (χ0v) is 10.3. The van der Waals surface area contributed by atoms with E-state index in [4.69, 9.17) is 0 Å². The van der Waals surface area contributed by atoms with Crippen molar-refractivity contribution in [3.05, 3.63) is 29.7 Å². The average Bonchev–Trinajstić information content (AvgIpc) is 2.92. The second-order valence-corrected chi connectivity index (χ2v) is 3.91. The predicted molar refractivity (Wildman–Crippen MR) is 63.4 cm³/mol. The topological polar surface area (TPSA) is 47.7 Å². The summed E-state index contributed by atoms with van der Waals surface area (Å²) in [5.41, 5.74) is 1.41. The van der Waals surface area contributed by atoms with Gasteiger partial charge in [-0.1, -0.05) is 0 Å². The smallest absolute Gasteiger partial charge is 0.333 e. The van der Waals surface area contributed by atoms with E-state index in [9.17, 15) is 8.78 Å². The largest absolute Gasteiger partial charge is 0.363 e. The molecule has 0 atom stereocenters. The standard InChI is InChI=1S/C11H15F2N5/c1-3-17-7-8(2)10(16-17)14-6-9-4-5-15-18(9)11(12)13/h4-5,7,11H,3,6H2,1-2H3,(H,14,16). The number of nitrogens with zero attached hydrogens (tertiary/aromatic N) is 4. The maximum absolute atomic E-state index is 12.6. The first-order valence-corrected chi connectivity index (χ1v) is 5.70. The number of nitrogens with one attached hydrogen (secondary N) is 1. The summed E-state index contributed by atoms with van der Waals surface area (Å²) >= 11 is 0. The molecule has 0 radical (unpaired) electrons. The summed E-state index contributed by atoms with van der Waals surface area (Å²) in [6.45, 7) is 2.34. The molecule has 0 aliphatic rings. The minimum Gasteiger partial charge on any atom is -0.363 e. The molecular weight excluding hydrogens is 240 g/mol. The molecule has 0 saturated heterocycles. The summed E-state index contributed by atoms with van der Waals surface area (Å²) in [5.74, 6) is 0.707. The summed E-state index contributed by atoms with van der Waals surface area (Å²) in [4.78, 5) is 0. The molecule has 2 heterocycles. The first-order chi connectivity index (χ1) is 8.61. The van der Waals surface area contributed by atoms with Crippen LogP contribution >= 0.6 is 0 Å². The van der Waals surface area contributed by atoms with Crippen LogP contribution in [0.5, 0.6) is 0 Å². The lowest BCUT2D eigenvalue weighted by molar-refractivity contribution is 0.0537. The van der Waals surface area contributed by atoms with Crippen LogP contribution in [0.4, 0.5) is 14.6 Å². The second-order valence-electron chi connectivity index (χ2n) is 3.91. The van der Waals surface area contributed by atoms with Crippen molar-refractivity contribution >= 4 is 5.82 Å². The maximum Gasteiger partial charge on any atom is 0.333 e. The number of halogens is 2. The fraction of sp³-hybridized carbons (Fsp3) is 0.455. The van der Waals surface area contributed by atoms with Crippen LogP contribution in [0.1, 0.15) is 24.7 Å². The molecule has 5 nitrogen and oxygen atoms in total. The van der Waals surface area contributed by atoms with E-state index in [2.05, 4.69) is 15.5 Å². The van der Waals surface area contributed by atoms with E-state index in [1.807, 2.05) is 20.0 Å². The van der Waals surface area contributed by atoms with E-state index in [1.165, 1.54) is 6.20 Å². The van der Waals surface area contributed by atoms with Crippen molar-refractivity contribution in [3.8, 4) is 0 Å². The summed E-state index contributed by atoms with van der Waals surface area (Å²) in [7, 11) is 0. The lowest BCUT2D eigenvalue weighted by Crippen LogP contribution is -2.10. The Balaban J connectivity index is 2.06. The number of aryl methyl sites for hydroxylation is 2. The van der Waals surface area contributed by atoms with Gasteiger partial charge in [0.05, 0.1) is 12.2 Å². The van der Waals surface area contributed by atoms with Crippen molar-refractivity contribution in [2.45, 2.75) is 33.5 Å². The SMILES string of the molecule is CCn1cc(C)c(NCc2ccnn2C(F)F)n1. The molecule has 0 aliphatic heterocycles. The van der Waals surface area contributed by atoms with Crippen LogP contribution in [0.2, 0.25) is 0 Å². The number of anilines is 1. The molecule has 2 rings (SSSR count). The van der Waals surface area contributed by atoms with Crippen molar-refractivity contribution < 1.29 is 8.78 Å². The summed E-state index contributed by atoms with van der Waals surface area (Å²) < 4.78 is 27.6. The zero-order valence-electron chi connectivity index (χ0n) is 10.3. The number of hydrogen-bond acceptors (Lipinski definition) is 3. The van der Waals surface area contributed by atoms with Gasteiger partial charge in [0.15, 0.2) is 5.82 Å². The monoisotopic (exact) mass is 255 g/mol. The van der Waals surface area contributed by atoms with Crippen molar-refractivity contribution in [2.24, 2.45) is 0 Å². The highest BCUT2D eigenvalue weighted by Gasteiger charge is 2.12. The van der Waals surface area contributed by atoms with E-state index in [1.54, 1.807) is 10.7 Å². The molecule has 1 N–H and O–H groups in total. The Labute approximate surface area is 103 Å². The Kier molecular flexibility index (Phi) is 3.59. The molecule has 98 valence electrons. The quantitative estimate of drug-likeness (QED) is 0.892. The van der Waals surface area contributed by atoms with Gasteiger partial charge in [0, 0.05) is 24.5 Å². The molecular formula is C11H15F2N5. The first-order valence-electron chi connectivity index (χ1n) is 5.70. The van der Waals surface area contributed by atoms with Gasteiger partial charge >= 0.3 is 6.55 Å². The molecule has 0 amide bonds. The lowest BCUT2D eigenvalue weighted by atomic mass is 10.3. The number of aromatic nitrogens is 4. The predicted octanol–water partition coefficient (Wildman–Crippen LogP) is 2.42. The van der Waals surface area contributed by atoms with E-state index in [0.29, 0.717) is 16.2 Å². The third-order valence-corrected chi connectivity index (χ3v) is 2.64. The van der Waals surface area contributed by atoms with E-state index in [-0.39, 0.29) is 6.54 Å². The van der Waals surface area contributed by atoms with Crippen molar-refractivity contribution in [3.63, 3.8) is 0 Å². The van der Waals surface area contributed by atoms with Crippen molar-refractivity contribution in [1.82, 2.24) is 19.6 Å². The molecule has 0 saturated carbocycles. The molecule has 18 heavy (non-hydrogen) atoms. The van der Waals surface area contributed by atoms with Gasteiger partial charge in [-0.25, -0.2) is 4.68 Å². The van der Waals surface area contributed by atoms with Crippen molar-refractivity contribution in [1.29, 1.82) is 0 Å². The van der Waals surface area contributed by atoms with Gasteiger partial charge < -0.3 is 5.32 Å². The lowest BCUT2D eigenvalue weighted by Gasteiger charge is -2.07. The molecule has 0 unspecified atom stereocenters. The minimum absolute atomic E-state index is 0.270. The Morgan fingerprint density at radius 2 is 2.22 bits per heavy atom. The Hall–Kier alpha value is -1.92. The zero-order chi connectivity index (χ0) is 13.1. The molecule has 0 aromatic carbocycles. The Morgan fingerprint density at radius 3 is 2.83 bits per heavy atom. The molecule has 2 aromatic heterocycles. The van der Waals surface area contributed by atoms with E-state index >= 15 is 0 Å². The molecule has 0 fully saturated rings. The van der Waals surface area contributed by atoms with Gasteiger partial charge in [0.2, 0.25) is 0 Å². The molecule has 0 spiro atoms. The maximum atomic E-state index is 12.6. The van der Waals surface area contributed by atoms with E-state index in [0.717, 1.165) is 12.1 Å². The molecule has 7 heteroatoms. The van der Waals surface area contributed by atoms with Gasteiger partial charge in [-0.2, -0.15) is 19.0 Å². The van der Waals surface area contributed by atoms with Crippen molar-refractivity contribution in [2.75, 3.05) is 5.32 Å². The molecule has 0 bridgehead atoms. The number of rotatable bonds is 5. The average molecular weight is 255 g/mol. The van der Waals surface area contributed by atoms with Crippen LogP contribution in [0.25, 0.3) is 0 Å². The van der Waals surface area contributed by atoms with Crippen LogP contribution in [0.15, 0.2) is 18.5 Å². The highest BCUT2D eigenvalue weighted by molar-refractivity contribution is 5.42. The summed E-state index contributed by atoms with van der Waals surface area (Å²) in [5, 5.41) is 10.9.